The van der Waals surface area contributed by atoms with Crippen molar-refractivity contribution < 1.29 is 13.9 Å². The lowest BCUT2D eigenvalue weighted by atomic mass is 10.1. The number of rotatable bonds is 11. The number of halogens is 3. The Balaban J connectivity index is 0.000000180. The van der Waals surface area contributed by atoms with Crippen LogP contribution >= 0.6 is 11.6 Å². The minimum atomic E-state index is -0.574. The number of para-hydroxylation sites is 2. The van der Waals surface area contributed by atoms with Crippen LogP contribution in [-0.2, 0) is 0 Å². The highest BCUT2D eigenvalue weighted by Crippen LogP contribution is 2.29. The van der Waals surface area contributed by atoms with Crippen LogP contribution in [0.15, 0.2) is 156 Å². The number of anilines is 1. The quantitative estimate of drug-likeness (QED) is 0.0834. The number of H-pyrrole nitrogens is 2. The van der Waals surface area contributed by atoms with E-state index in [0.717, 1.165) is 39.3 Å². The lowest BCUT2D eigenvalue weighted by molar-refractivity contribution is 0.102. The molecule has 0 aliphatic carbocycles. The predicted octanol–water partition coefficient (Wildman–Crippen LogP) is 13.0. The first-order valence-electron chi connectivity index (χ1n) is 25.8. The number of nitrogens with two attached hydrogens (primary N) is 1. The third-order valence-corrected chi connectivity index (χ3v) is 12.5. The van der Waals surface area contributed by atoms with Gasteiger partial charge in [-0.3, -0.25) is 23.6 Å². The van der Waals surface area contributed by atoms with Crippen molar-refractivity contribution in [1.29, 1.82) is 0 Å². The molecule has 0 bridgehead atoms. The minimum absolute atomic E-state index is 0.0121. The molecular weight excluding hydrogens is 996 g/mol. The van der Waals surface area contributed by atoms with Crippen molar-refractivity contribution in [2.24, 2.45) is 5.73 Å². The van der Waals surface area contributed by atoms with Crippen molar-refractivity contribution in [3.8, 4) is 11.4 Å². The third kappa shape index (κ3) is 14.9. The summed E-state index contributed by atoms with van der Waals surface area (Å²) in [6.45, 7) is 21.5. The maximum absolute atomic E-state index is 14.6. The van der Waals surface area contributed by atoms with Gasteiger partial charge in [0, 0.05) is 53.3 Å². The summed E-state index contributed by atoms with van der Waals surface area (Å²) in [4.78, 5) is 52.4. The Hall–Kier alpha value is -7.63. The number of benzene rings is 4. The largest absolute Gasteiger partial charge is 0.391 e. The summed E-state index contributed by atoms with van der Waals surface area (Å²) in [6, 6.07) is 35.4. The molecule has 6 aromatic heterocycles. The van der Waals surface area contributed by atoms with E-state index < -0.39 is 34.4 Å². The molecular formula is C60H70ClF2N11O3. The van der Waals surface area contributed by atoms with Crippen molar-refractivity contribution in [2.45, 2.75) is 112 Å². The third-order valence-electron chi connectivity index (χ3n) is 12.2. The van der Waals surface area contributed by atoms with E-state index >= 15 is 0 Å². The molecule has 0 radical (unpaired) electrons. The number of aromatic amines is 2. The van der Waals surface area contributed by atoms with Gasteiger partial charge in [0.2, 0.25) is 0 Å². The van der Waals surface area contributed by atoms with Crippen LogP contribution in [0.4, 0.5) is 14.5 Å². The number of nitrogens with zero attached hydrogens (tertiary/aromatic N) is 7. The van der Waals surface area contributed by atoms with Crippen molar-refractivity contribution in [2.75, 3.05) is 11.9 Å². The lowest BCUT2D eigenvalue weighted by Gasteiger charge is -2.28. The zero-order valence-electron chi connectivity index (χ0n) is 45.4. The zero-order valence-corrected chi connectivity index (χ0v) is 46.1. The van der Waals surface area contributed by atoms with Crippen LogP contribution in [0.3, 0.4) is 0 Å². The van der Waals surface area contributed by atoms with Crippen LogP contribution in [0.5, 0.6) is 0 Å². The molecule has 404 valence electrons. The maximum Gasteiger partial charge on any atom is 0.269 e. The second-order valence-electron chi connectivity index (χ2n) is 19.6. The minimum Gasteiger partial charge on any atom is -0.391 e. The molecule has 4 aromatic carbocycles. The molecule has 2 atom stereocenters. The predicted molar refractivity (Wildman–Crippen MR) is 310 cm³/mol. The number of hydrogen-bond acceptors (Lipinski definition) is 10. The zero-order chi connectivity index (χ0) is 56.0. The molecule has 0 aliphatic heterocycles. The second kappa shape index (κ2) is 26.9. The van der Waals surface area contributed by atoms with Crippen LogP contribution in [-0.4, -0.2) is 73.3 Å². The van der Waals surface area contributed by atoms with Crippen molar-refractivity contribution in [3.63, 3.8) is 0 Å². The van der Waals surface area contributed by atoms with E-state index in [0.29, 0.717) is 59.0 Å². The molecule has 10 rings (SSSR count). The molecule has 6 N–H and O–H groups in total. The van der Waals surface area contributed by atoms with Crippen LogP contribution in [0.25, 0.3) is 55.2 Å². The Morgan fingerprint density at radius 1 is 0.649 bits per heavy atom. The molecule has 0 saturated heterocycles. The first-order valence-corrected chi connectivity index (χ1v) is 26.2. The van der Waals surface area contributed by atoms with Gasteiger partial charge in [0.05, 0.1) is 45.1 Å². The van der Waals surface area contributed by atoms with E-state index in [1.165, 1.54) is 27.3 Å². The Bertz CT molecular complexity index is 3600. The number of aromatic nitrogens is 8. The van der Waals surface area contributed by atoms with Gasteiger partial charge in [-0.15, -0.1) is 0 Å². The van der Waals surface area contributed by atoms with Crippen molar-refractivity contribution >= 4 is 61.2 Å². The number of fused-ring (bicyclic) bond motifs is 4. The van der Waals surface area contributed by atoms with E-state index in [9.17, 15) is 18.4 Å². The van der Waals surface area contributed by atoms with E-state index in [4.69, 9.17) is 27.4 Å². The fourth-order valence-electron chi connectivity index (χ4n) is 8.61. The molecule has 17 heteroatoms. The molecule has 10 aromatic rings. The summed E-state index contributed by atoms with van der Waals surface area (Å²) in [7, 11) is 0. The van der Waals surface area contributed by atoms with Crippen molar-refractivity contribution in [1.82, 2.24) is 43.9 Å². The van der Waals surface area contributed by atoms with E-state index in [1.54, 1.807) is 69.6 Å². The standard InChI is InChI=1S/C24H20FN5O.C17H16FN3O.C8H19N.C7H5ClN2.C4H10O/c1-2-18(28-19-12-14-27-22-16(19)11-13-26-22)23-29-20-10-6-9-17(25)21(20)24(31)30(23)15-7-4-3-5-8-15;1-2-13(19)16-20-14-10-6-9-12(18)15(14)17(22)21(16)11-7-4-3-5-8-11;1-6-9(7(2)3)8(4)5;8-6-2-4-10-7-5(6)1-3-9-7;1-4(2,3)5/h3-14,18H,2H2,1H3,(H2,26,27,28);3-10,13H,2,19H2,1H3;7-8H,6H2,1-5H3;1-4H,(H,9,10);5H,1-3H3/t18-;13-;;;/m00.../s1. The fraction of sp³-hybridized carbons (Fsp3) is 0.300. The van der Waals surface area contributed by atoms with Gasteiger partial charge in [0.25, 0.3) is 11.1 Å². The highest BCUT2D eigenvalue weighted by molar-refractivity contribution is 6.35. The first-order chi connectivity index (χ1) is 36.8. The SMILES string of the molecule is CC(C)(C)O.CCN(C(C)C)C(C)C.CC[C@H](N)c1nc2cccc(F)c2c(=O)n1-c1ccccc1.CC[C@H](Nc1ccnc2[nH]ccc12)c1nc2cccc(F)c2c(=O)n1-c1ccccc1.Clc1ccnc2[nH]ccc12. The van der Waals surface area contributed by atoms with Gasteiger partial charge in [-0.05, 0) is 141 Å². The summed E-state index contributed by atoms with van der Waals surface area (Å²) in [5.41, 5.74) is 9.19. The second-order valence-corrected chi connectivity index (χ2v) is 20.0. The van der Waals surface area contributed by atoms with Crippen LogP contribution < -0.4 is 22.2 Å². The van der Waals surface area contributed by atoms with Gasteiger partial charge in [-0.25, -0.2) is 28.7 Å². The summed E-state index contributed by atoms with van der Waals surface area (Å²) in [5.74, 6) is -0.180. The van der Waals surface area contributed by atoms with Gasteiger partial charge in [0.15, 0.2) is 0 Å². The molecule has 6 heterocycles. The molecule has 0 fully saturated rings. The monoisotopic (exact) mass is 1070 g/mol. The summed E-state index contributed by atoms with van der Waals surface area (Å²) in [5, 5.41) is 14.7. The van der Waals surface area contributed by atoms with Crippen LogP contribution in [0.1, 0.15) is 106 Å². The number of hydrogen-bond donors (Lipinski definition) is 5. The Morgan fingerprint density at radius 2 is 1.10 bits per heavy atom. The maximum atomic E-state index is 14.6. The van der Waals surface area contributed by atoms with Gasteiger partial charge in [-0.1, -0.05) is 80.9 Å². The molecule has 0 saturated carbocycles. The average Bonchev–Trinajstić information content (AvgIpc) is 4.12. The molecule has 14 nitrogen and oxygen atoms in total. The number of pyridine rings is 2. The van der Waals surface area contributed by atoms with Gasteiger partial charge < -0.3 is 26.1 Å². The molecule has 0 aliphatic rings. The topological polar surface area (TPSA) is 189 Å². The van der Waals surface area contributed by atoms with Gasteiger partial charge in [-0.2, -0.15) is 0 Å². The summed E-state index contributed by atoms with van der Waals surface area (Å²) in [6.07, 6.45) is 8.35. The highest BCUT2D eigenvalue weighted by Gasteiger charge is 2.23. The molecule has 0 unspecified atom stereocenters. The molecule has 0 spiro atoms. The van der Waals surface area contributed by atoms with Crippen LogP contribution in [0, 0.1) is 11.6 Å². The first kappa shape index (κ1) is 58.6. The fourth-order valence-corrected chi connectivity index (χ4v) is 8.82. The van der Waals surface area contributed by atoms with Gasteiger partial charge >= 0.3 is 0 Å². The van der Waals surface area contributed by atoms with E-state index in [1.807, 2.05) is 93.0 Å². The average molecular weight is 1070 g/mol. The van der Waals surface area contributed by atoms with Crippen molar-refractivity contribution in [3.05, 3.63) is 195 Å². The van der Waals surface area contributed by atoms with Gasteiger partial charge in [0.1, 0.15) is 45.4 Å². The number of nitrogens with one attached hydrogen (secondary N) is 3. The Morgan fingerprint density at radius 3 is 1.55 bits per heavy atom. The highest BCUT2D eigenvalue weighted by atomic mass is 35.5. The number of aliphatic hydroxyl groups is 1. The smallest absolute Gasteiger partial charge is 0.269 e. The van der Waals surface area contributed by atoms with Crippen LogP contribution in [0.2, 0.25) is 5.02 Å². The normalized spacial score (nSPS) is 12.1. The summed E-state index contributed by atoms with van der Waals surface area (Å²) < 4.78 is 31.5. The summed E-state index contributed by atoms with van der Waals surface area (Å²) >= 11 is 5.84. The molecule has 0 amide bonds. The Labute approximate surface area is 453 Å². The molecule has 77 heavy (non-hydrogen) atoms. The van der Waals surface area contributed by atoms with E-state index in [-0.39, 0.29) is 16.8 Å². The van der Waals surface area contributed by atoms with E-state index in [2.05, 4.69) is 69.8 Å². The lowest BCUT2D eigenvalue weighted by Crippen LogP contribution is -2.36. The Kier molecular flexibility index (Phi) is 20.5.